The Morgan fingerprint density at radius 2 is 1.86 bits per heavy atom. The molecule has 1 N–H and O–H groups in total. The number of hydrogen-bond donors (Lipinski definition) is 1. The molecule has 3 heterocycles. The zero-order chi connectivity index (χ0) is 26.5. The van der Waals surface area contributed by atoms with E-state index in [4.69, 9.17) is 0 Å². The molecule has 10 heteroatoms. The molecule has 1 atom stereocenters. The third-order valence-electron chi connectivity index (χ3n) is 6.44. The predicted molar refractivity (Wildman–Crippen MR) is 126 cm³/mol. The van der Waals surface area contributed by atoms with Crippen molar-refractivity contribution in [3.63, 3.8) is 0 Å². The molecule has 2 aromatic carbocycles. The highest BCUT2D eigenvalue weighted by Gasteiger charge is 2.37. The number of aromatic carboxylic acids is 1. The maximum atomic E-state index is 14.6. The molecular formula is C27H19F4N3O3. The number of nitrogens with zero attached hydrogens (tertiary/aromatic N) is 3. The minimum Gasteiger partial charge on any atom is -0.476 e. The molecule has 0 saturated heterocycles. The Bertz CT molecular complexity index is 1600. The van der Waals surface area contributed by atoms with Crippen LogP contribution in [0.5, 0.6) is 0 Å². The van der Waals surface area contributed by atoms with Gasteiger partial charge in [-0.05, 0) is 47.7 Å². The van der Waals surface area contributed by atoms with E-state index in [0.717, 1.165) is 22.9 Å². The van der Waals surface area contributed by atoms with Gasteiger partial charge in [0.1, 0.15) is 11.9 Å². The summed E-state index contributed by atoms with van der Waals surface area (Å²) >= 11 is 0. The van der Waals surface area contributed by atoms with Gasteiger partial charge in [0.2, 0.25) is 0 Å². The van der Waals surface area contributed by atoms with Crippen LogP contribution in [0.3, 0.4) is 0 Å². The molecule has 5 rings (SSSR count). The van der Waals surface area contributed by atoms with E-state index in [1.165, 1.54) is 10.7 Å². The number of pyridine rings is 1. The molecule has 1 aliphatic rings. The smallest absolute Gasteiger partial charge is 0.419 e. The molecule has 0 fully saturated rings. The predicted octanol–water partition coefficient (Wildman–Crippen LogP) is 5.56. The molecule has 0 spiro atoms. The number of carbonyl (C=O) groups excluding carboxylic acids is 1. The first-order chi connectivity index (χ1) is 17.5. The second-order valence-electron chi connectivity index (χ2n) is 8.94. The maximum absolute atomic E-state index is 14.6. The highest BCUT2D eigenvalue weighted by Crippen LogP contribution is 2.39. The molecule has 0 radical (unpaired) electrons. The number of hydrogen-bond acceptors (Lipinski definition) is 4. The Labute approximate surface area is 207 Å². The van der Waals surface area contributed by atoms with E-state index in [1.54, 1.807) is 25.4 Å². The van der Waals surface area contributed by atoms with Crippen LogP contribution in [0, 0.1) is 5.82 Å². The van der Waals surface area contributed by atoms with Crippen molar-refractivity contribution in [1.29, 1.82) is 0 Å². The summed E-state index contributed by atoms with van der Waals surface area (Å²) in [5.41, 5.74) is 0.342. The Balaban J connectivity index is 1.60. The number of carboxylic acid groups (broad SMARTS) is 1. The first-order valence-corrected chi connectivity index (χ1v) is 11.3. The highest BCUT2D eigenvalue weighted by molar-refractivity contribution is 6.00. The lowest BCUT2D eigenvalue weighted by Gasteiger charge is -2.29. The van der Waals surface area contributed by atoms with Crippen molar-refractivity contribution >= 4 is 22.5 Å². The first kappa shape index (κ1) is 24.4. The number of carboxylic acids is 1. The lowest BCUT2D eigenvalue weighted by atomic mass is 9.85. The number of carbonyl (C=O) groups is 2. The Kier molecular flexibility index (Phi) is 5.89. The normalized spacial score (nSPS) is 15.6. The van der Waals surface area contributed by atoms with Crippen LogP contribution >= 0.6 is 0 Å². The summed E-state index contributed by atoms with van der Waals surface area (Å²) in [7, 11) is 0. The number of rotatable bonds is 5. The van der Waals surface area contributed by atoms with E-state index >= 15 is 0 Å². The summed E-state index contributed by atoms with van der Waals surface area (Å²) in [6, 6.07) is 9.98. The number of aromatic nitrogens is 3. The van der Waals surface area contributed by atoms with Gasteiger partial charge in [-0.3, -0.25) is 14.5 Å². The Morgan fingerprint density at radius 3 is 2.57 bits per heavy atom. The Morgan fingerprint density at radius 1 is 1.08 bits per heavy atom. The number of allylic oxidation sites excluding steroid dienone is 2. The van der Waals surface area contributed by atoms with Crippen LogP contribution in [0.1, 0.15) is 45.8 Å². The van der Waals surface area contributed by atoms with E-state index in [9.17, 15) is 32.3 Å². The van der Waals surface area contributed by atoms with Crippen molar-refractivity contribution in [2.45, 2.75) is 32.0 Å². The van der Waals surface area contributed by atoms with Crippen molar-refractivity contribution in [2.75, 3.05) is 0 Å². The van der Waals surface area contributed by atoms with E-state index in [1.807, 2.05) is 18.2 Å². The Hall–Kier alpha value is -4.34. The molecule has 1 unspecified atom stereocenters. The van der Waals surface area contributed by atoms with Crippen LogP contribution in [0.2, 0.25) is 0 Å². The molecule has 1 aliphatic heterocycles. The summed E-state index contributed by atoms with van der Waals surface area (Å²) < 4.78 is 55.4. The summed E-state index contributed by atoms with van der Waals surface area (Å²) in [5.74, 6) is -3.11. The molecule has 2 aromatic heterocycles. The number of fused-ring (bicyclic) bond motifs is 2. The molecule has 4 aromatic rings. The van der Waals surface area contributed by atoms with Gasteiger partial charge in [-0.1, -0.05) is 29.8 Å². The highest BCUT2D eigenvalue weighted by atomic mass is 19.4. The van der Waals surface area contributed by atoms with E-state index in [2.05, 4.69) is 10.1 Å². The van der Waals surface area contributed by atoms with E-state index < -0.39 is 29.6 Å². The van der Waals surface area contributed by atoms with Gasteiger partial charge in [0, 0.05) is 41.9 Å². The largest absolute Gasteiger partial charge is 0.476 e. The summed E-state index contributed by atoms with van der Waals surface area (Å²) in [4.78, 5) is 29.3. The van der Waals surface area contributed by atoms with Gasteiger partial charge in [-0.15, -0.1) is 0 Å². The van der Waals surface area contributed by atoms with Crippen molar-refractivity contribution in [3.8, 4) is 0 Å². The number of benzene rings is 2. The van der Waals surface area contributed by atoms with Crippen LogP contribution in [0.25, 0.3) is 10.8 Å². The average Bonchev–Trinajstić information content (AvgIpc) is 3.26. The van der Waals surface area contributed by atoms with Gasteiger partial charge in [0.05, 0.1) is 5.56 Å². The van der Waals surface area contributed by atoms with Gasteiger partial charge in [0.15, 0.2) is 11.5 Å². The topological polar surface area (TPSA) is 85.1 Å². The minimum absolute atomic E-state index is 0.0209. The zero-order valence-electron chi connectivity index (χ0n) is 19.4. The van der Waals surface area contributed by atoms with Crippen molar-refractivity contribution in [2.24, 2.45) is 0 Å². The molecule has 0 saturated carbocycles. The van der Waals surface area contributed by atoms with Gasteiger partial charge in [-0.25, -0.2) is 9.18 Å². The zero-order valence-corrected chi connectivity index (χ0v) is 19.4. The monoisotopic (exact) mass is 509 g/mol. The van der Waals surface area contributed by atoms with Crippen LogP contribution < -0.4 is 0 Å². The van der Waals surface area contributed by atoms with Crippen molar-refractivity contribution in [3.05, 3.63) is 106 Å². The number of Topliss-reactive ketones (excluding diaryl/α,β-unsaturated/α-hetero) is 1. The van der Waals surface area contributed by atoms with Gasteiger partial charge >= 0.3 is 12.1 Å². The van der Waals surface area contributed by atoms with Crippen LogP contribution in [-0.4, -0.2) is 31.6 Å². The fourth-order valence-electron chi connectivity index (χ4n) is 4.77. The van der Waals surface area contributed by atoms with Crippen LogP contribution in [0.15, 0.2) is 72.1 Å². The standard InChI is InChI=1S/C27H19F4N3O3/c1-14-8-19-12-22(26(36)37)33-34(19)25(17-4-5-20(21(28)11-17)27(29,30)31)24(14)23(35)10-15-2-3-18-13-32-7-6-16(18)9-15/h2-7,9,11-13,25H,8,10H2,1H3,(H,36,37). The summed E-state index contributed by atoms with van der Waals surface area (Å²) in [5, 5.41) is 15.3. The minimum atomic E-state index is -4.89. The second kappa shape index (κ2) is 8.95. The van der Waals surface area contributed by atoms with Crippen molar-refractivity contribution in [1.82, 2.24) is 14.8 Å². The number of alkyl halides is 3. The molecule has 188 valence electrons. The molecule has 0 amide bonds. The molecular weight excluding hydrogens is 490 g/mol. The fourth-order valence-corrected chi connectivity index (χ4v) is 4.77. The third-order valence-corrected chi connectivity index (χ3v) is 6.44. The number of ketones is 1. The van der Waals surface area contributed by atoms with E-state index in [0.29, 0.717) is 22.9 Å². The number of halogens is 4. The second-order valence-corrected chi connectivity index (χ2v) is 8.94. The third kappa shape index (κ3) is 4.50. The van der Waals surface area contributed by atoms with Crippen molar-refractivity contribution < 1.29 is 32.3 Å². The lowest BCUT2D eigenvalue weighted by molar-refractivity contribution is -0.140. The molecule has 0 bridgehead atoms. The van der Waals surface area contributed by atoms with Gasteiger partial charge in [-0.2, -0.15) is 18.3 Å². The molecule has 37 heavy (non-hydrogen) atoms. The summed E-state index contributed by atoms with van der Waals surface area (Å²) in [6.45, 7) is 1.70. The molecule has 6 nitrogen and oxygen atoms in total. The molecule has 0 aliphatic carbocycles. The fraction of sp³-hybridized carbons (Fsp3) is 0.185. The summed E-state index contributed by atoms with van der Waals surface area (Å²) in [6.07, 6.45) is -1.37. The van der Waals surface area contributed by atoms with E-state index in [-0.39, 0.29) is 35.5 Å². The SMILES string of the molecule is CC1=C(C(=O)Cc2ccc3cnccc3c2)C(c2ccc(C(F)(F)F)c(F)c2)n2nc(C(=O)O)cc2C1. The van der Waals surface area contributed by atoms with Crippen LogP contribution in [0.4, 0.5) is 17.6 Å². The quantitative estimate of drug-likeness (QED) is 0.356. The van der Waals surface area contributed by atoms with Gasteiger partial charge < -0.3 is 5.11 Å². The maximum Gasteiger partial charge on any atom is 0.419 e. The average molecular weight is 509 g/mol. The van der Waals surface area contributed by atoms with Gasteiger partial charge in [0.25, 0.3) is 0 Å². The first-order valence-electron chi connectivity index (χ1n) is 11.3. The lowest BCUT2D eigenvalue weighted by Crippen LogP contribution is -2.28. The van der Waals surface area contributed by atoms with Crippen LogP contribution in [-0.2, 0) is 23.8 Å².